The first-order chi connectivity index (χ1) is 12.6. The summed E-state index contributed by atoms with van der Waals surface area (Å²) in [6, 6.07) is 12.3. The quantitative estimate of drug-likeness (QED) is 0.465. The van der Waals surface area contributed by atoms with Gasteiger partial charge in [-0.25, -0.2) is 0 Å². The summed E-state index contributed by atoms with van der Waals surface area (Å²) in [5.74, 6) is 0. The molecule has 1 fully saturated rings. The Hall–Kier alpha value is -2.18. The highest BCUT2D eigenvalue weighted by Crippen LogP contribution is 2.19. The highest BCUT2D eigenvalue weighted by Gasteiger charge is 2.18. The summed E-state index contributed by atoms with van der Waals surface area (Å²) in [6.07, 6.45) is 4.46. The zero-order chi connectivity index (χ0) is 18.4. The molecule has 1 aliphatic rings. The average molecular weight is 371 g/mol. The molecule has 2 N–H and O–H groups in total. The third kappa shape index (κ3) is 4.93. The van der Waals surface area contributed by atoms with E-state index in [2.05, 4.69) is 52.5 Å². The van der Waals surface area contributed by atoms with E-state index in [9.17, 15) is 0 Å². The summed E-state index contributed by atoms with van der Waals surface area (Å²) >= 11 is 5.27. The van der Waals surface area contributed by atoms with E-state index in [0.29, 0.717) is 17.8 Å². The summed E-state index contributed by atoms with van der Waals surface area (Å²) in [6.45, 7) is 6.72. The maximum absolute atomic E-state index is 5.76. The first kappa shape index (κ1) is 18.6. The van der Waals surface area contributed by atoms with E-state index in [1.54, 1.807) is 0 Å². The molecule has 0 spiro atoms. The summed E-state index contributed by atoms with van der Waals surface area (Å²) in [5.41, 5.74) is 7.59. The normalized spacial score (nSPS) is 16.9. The molecule has 2 aromatic rings. The van der Waals surface area contributed by atoms with Crippen LogP contribution in [0.15, 0.2) is 41.5 Å². The van der Waals surface area contributed by atoms with Crippen molar-refractivity contribution in [2.45, 2.75) is 45.9 Å². The van der Waals surface area contributed by atoms with Gasteiger partial charge in [-0.3, -0.25) is 5.43 Å². The SMILES string of the molecule is Cc1cc(/C=N\NC(=S)NCc2ccccc2)c(C)n1C[C@@H]1CCCO1. The molecule has 3 rings (SSSR count). The van der Waals surface area contributed by atoms with Crippen LogP contribution in [0.25, 0.3) is 0 Å². The van der Waals surface area contributed by atoms with E-state index in [0.717, 1.165) is 31.6 Å². The van der Waals surface area contributed by atoms with Crippen molar-refractivity contribution in [1.82, 2.24) is 15.3 Å². The first-order valence-electron chi connectivity index (χ1n) is 9.02. The number of rotatable bonds is 6. The van der Waals surface area contributed by atoms with Crippen molar-refractivity contribution in [3.05, 3.63) is 58.9 Å². The van der Waals surface area contributed by atoms with Crippen molar-refractivity contribution in [1.29, 1.82) is 0 Å². The van der Waals surface area contributed by atoms with Crippen LogP contribution < -0.4 is 10.7 Å². The lowest BCUT2D eigenvalue weighted by atomic mass is 10.2. The van der Waals surface area contributed by atoms with Gasteiger partial charge < -0.3 is 14.6 Å². The molecule has 0 bridgehead atoms. The van der Waals surface area contributed by atoms with Gasteiger partial charge >= 0.3 is 0 Å². The van der Waals surface area contributed by atoms with Gasteiger partial charge in [-0.2, -0.15) is 5.10 Å². The van der Waals surface area contributed by atoms with E-state index in [1.807, 2.05) is 24.4 Å². The van der Waals surface area contributed by atoms with Gasteiger partial charge in [0.2, 0.25) is 0 Å². The molecular weight excluding hydrogens is 344 g/mol. The van der Waals surface area contributed by atoms with Crippen LogP contribution in [0.3, 0.4) is 0 Å². The molecule has 138 valence electrons. The lowest BCUT2D eigenvalue weighted by Gasteiger charge is -2.14. The second-order valence-electron chi connectivity index (χ2n) is 6.61. The van der Waals surface area contributed by atoms with Crippen LogP contribution in [0, 0.1) is 13.8 Å². The number of ether oxygens (including phenoxy) is 1. The molecule has 1 saturated heterocycles. The molecule has 6 heteroatoms. The Morgan fingerprint density at radius 1 is 1.35 bits per heavy atom. The van der Waals surface area contributed by atoms with Crippen LogP contribution in [-0.2, 0) is 17.8 Å². The molecule has 1 aliphatic heterocycles. The van der Waals surface area contributed by atoms with E-state index in [-0.39, 0.29) is 0 Å². The predicted octanol–water partition coefficient (Wildman–Crippen LogP) is 3.28. The van der Waals surface area contributed by atoms with Crippen molar-refractivity contribution in [2.24, 2.45) is 5.10 Å². The second kappa shape index (κ2) is 8.96. The Morgan fingerprint density at radius 3 is 2.88 bits per heavy atom. The lowest BCUT2D eigenvalue weighted by Crippen LogP contribution is -2.31. The van der Waals surface area contributed by atoms with Crippen LogP contribution in [0.2, 0.25) is 0 Å². The van der Waals surface area contributed by atoms with E-state index in [1.165, 1.54) is 17.0 Å². The van der Waals surface area contributed by atoms with E-state index >= 15 is 0 Å². The number of nitrogens with zero attached hydrogens (tertiary/aromatic N) is 2. The summed E-state index contributed by atoms with van der Waals surface area (Å²) in [5, 5.41) is 7.94. The summed E-state index contributed by atoms with van der Waals surface area (Å²) < 4.78 is 8.07. The third-order valence-corrected chi connectivity index (χ3v) is 4.92. The molecule has 5 nitrogen and oxygen atoms in total. The molecule has 1 atom stereocenters. The van der Waals surface area contributed by atoms with Gasteiger partial charge in [0.15, 0.2) is 5.11 Å². The van der Waals surface area contributed by atoms with Gasteiger partial charge in [0.25, 0.3) is 0 Å². The van der Waals surface area contributed by atoms with Gasteiger partial charge in [-0.15, -0.1) is 0 Å². The molecule has 0 radical (unpaired) electrons. The molecule has 0 amide bonds. The van der Waals surface area contributed by atoms with Crippen LogP contribution in [0.1, 0.15) is 35.4 Å². The van der Waals surface area contributed by atoms with Crippen LogP contribution in [0.4, 0.5) is 0 Å². The predicted molar refractivity (Wildman–Crippen MR) is 109 cm³/mol. The van der Waals surface area contributed by atoms with Crippen LogP contribution in [0.5, 0.6) is 0 Å². The fourth-order valence-electron chi connectivity index (χ4n) is 3.21. The standard InChI is InChI=1S/C20H26N4OS/c1-15-11-18(16(2)24(15)14-19-9-6-10-25-19)13-22-23-20(26)21-12-17-7-4-3-5-8-17/h3-5,7-8,11,13,19H,6,9-10,12,14H2,1-2H3,(H2,21,23,26)/b22-13-/t19-/m0/s1. The summed E-state index contributed by atoms with van der Waals surface area (Å²) in [7, 11) is 0. The minimum absolute atomic E-state index is 0.331. The topological polar surface area (TPSA) is 50.6 Å². The van der Waals surface area contributed by atoms with Crippen molar-refractivity contribution in [2.75, 3.05) is 6.61 Å². The Labute approximate surface area is 160 Å². The van der Waals surface area contributed by atoms with E-state index in [4.69, 9.17) is 17.0 Å². The number of nitrogens with one attached hydrogen (secondary N) is 2. The Morgan fingerprint density at radius 2 is 2.15 bits per heavy atom. The largest absolute Gasteiger partial charge is 0.376 e. The molecule has 26 heavy (non-hydrogen) atoms. The fourth-order valence-corrected chi connectivity index (χ4v) is 3.33. The van der Waals surface area contributed by atoms with Crippen LogP contribution >= 0.6 is 12.2 Å². The van der Waals surface area contributed by atoms with Gasteiger partial charge in [-0.1, -0.05) is 30.3 Å². The Balaban J connectivity index is 1.52. The molecule has 0 unspecified atom stereocenters. The molecule has 0 aliphatic carbocycles. The lowest BCUT2D eigenvalue weighted by molar-refractivity contribution is 0.0962. The van der Waals surface area contributed by atoms with Gasteiger partial charge in [0, 0.05) is 36.6 Å². The number of hydrogen-bond donors (Lipinski definition) is 2. The van der Waals surface area contributed by atoms with Gasteiger partial charge in [0.05, 0.1) is 12.3 Å². The highest BCUT2D eigenvalue weighted by molar-refractivity contribution is 7.80. The van der Waals surface area contributed by atoms with Gasteiger partial charge in [0.1, 0.15) is 0 Å². The number of thiocarbonyl (C=S) groups is 1. The third-order valence-electron chi connectivity index (χ3n) is 4.69. The minimum atomic E-state index is 0.331. The molecule has 2 heterocycles. The zero-order valence-corrected chi connectivity index (χ0v) is 16.2. The monoisotopic (exact) mass is 370 g/mol. The number of benzene rings is 1. The van der Waals surface area contributed by atoms with Gasteiger partial charge in [-0.05, 0) is 50.5 Å². The Kier molecular flexibility index (Phi) is 6.41. The van der Waals surface area contributed by atoms with Crippen molar-refractivity contribution >= 4 is 23.5 Å². The Bertz CT molecular complexity index is 764. The first-order valence-corrected chi connectivity index (χ1v) is 9.43. The van der Waals surface area contributed by atoms with Crippen molar-refractivity contribution in [3.8, 4) is 0 Å². The molecule has 1 aromatic heterocycles. The number of aromatic nitrogens is 1. The maximum atomic E-state index is 5.76. The second-order valence-corrected chi connectivity index (χ2v) is 7.02. The van der Waals surface area contributed by atoms with Crippen LogP contribution in [-0.4, -0.2) is 28.6 Å². The smallest absolute Gasteiger partial charge is 0.187 e. The number of hydrazone groups is 1. The zero-order valence-electron chi connectivity index (χ0n) is 15.4. The molecule has 0 saturated carbocycles. The fraction of sp³-hybridized carbons (Fsp3) is 0.400. The number of aryl methyl sites for hydroxylation is 1. The molecular formula is C20H26N4OS. The van der Waals surface area contributed by atoms with E-state index < -0.39 is 0 Å². The average Bonchev–Trinajstić information content (AvgIpc) is 3.25. The number of hydrogen-bond acceptors (Lipinski definition) is 3. The maximum Gasteiger partial charge on any atom is 0.187 e. The van der Waals surface area contributed by atoms with Crippen molar-refractivity contribution in [3.63, 3.8) is 0 Å². The van der Waals surface area contributed by atoms with Crippen molar-refractivity contribution < 1.29 is 4.74 Å². The highest BCUT2D eigenvalue weighted by atomic mass is 32.1. The minimum Gasteiger partial charge on any atom is -0.376 e. The summed E-state index contributed by atoms with van der Waals surface area (Å²) in [4.78, 5) is 0. The molecule has 1 aromatic carbocycles.